The second-order valence-electron chi connectivity index (χ2n) is 5.04. The Balaban J connectivity index is 1.62. The van der Waals surface area contributed by atoms with Gasteiger partial charge in [0.15, 0.2) is 0 Å². The van der Waals surface area contributed by atoms with E-state index >= 15 is 0 Å². The van der Waals surface area contributed by atoms with Crippen LogP contribution in [0.25, 0.3) is 0 Å². The van der Waals surface area contributed by atoms with E-state index < -0.39 is 0 Å². The molecular formula is C15H15ClN2OS. The maximum Gasteiger partial charge on any atom is 0.253 e. The summed E-state index contributed by atoms with van der Waals surface area (Å²) < 4.78 is 0. The number of aromatic nitrogens is 1. The van der Waals surface area contributed by atoms with Gasteiger partial charge in [0.1, 0.15) is 0 Å². The highest BCUT2D eigenvalue weighted by Gasteiger charge is 2.27. The first-order chi connectivity index (χ1) is 9.72. The molecule has 2 aromatic rings. The van der Waals surface area contributed by atoms with E-state index in [0.717, 1.165) is 30.9 Å². The fourth-order valence-corrected chi connectivity index (χ4v) is 3.42. The van der Waals surface area contributed by atoms with Gasteiger partial charge in [0.05, 0.1) is 5.01 Å². The number of carbonyl (C=O) groups is 1. The summed E-state index contributed by atoms with van der Waals surface area (Å²) in [5, 5.41) is 3.82. The lowest BCUT2D eigenvalue weighted by molar-refractivity contribution is 0.0787. The molecule has 3 nitrogen and oxygen atoms in total. The Bertz CT molecular complexity index is 582. The summed E-state index contributed by atoms with van der Waals surface area (Å²) in [7, 11) is 0. The van der Waals surface area contributed by atoms with Crippen molar-refractivity contribution in [2.24, 2.45) is 5.92 Å². The lowest BCUT2D eigenvalue weighted by Crippen LogP contribution is -2.28. The van der Waals surface area contributed by atoms with E-state index in [1.165, 1.54) is 0 Å². The fraction of sp³-hybridized carbons (Fsp3) is 0.333. The maximum absolute atomic E-state index is 12.4. The van der Waals surface area contributed by atoms with Crippen molar-refractivity contribution < 1.29 is 4.79 Å². The van der Waals surface area contributed by atoms with Crippen LogP contribution in [0.5, 0.6) is 0 Å². The van der Waals surface area contributed by atoms with Gasteiger partial charge in [0.25, 0.3) is 5.91 Å². The van der Waals surface area contributed by atoms with E-state index in [1.807, 2.05) is 16.5 Å². The van der Waals surface area contributed by atoms with E-state index in [-0.39, 0.29) is 5.91 Å². The molecule has 1 aliphatic heterocycles. The molecule has 0 radical (unpaired) electrons. The van der Waals surface area contributed by atoms with Crippen LogP contribution < -0.4 is 0 Å². The van der Waals surface area contributed by atoms with Gasteiger partial charge in [-0.05, 0) is 36.6 Å². The molecule has 0 aliphatic carbocycles. The van der Waals surface area contributed by atoms with Crippen molar-refractivity contribution in [2.75, 3.05) is 13.1 Å². The van der Waals surface area contributed by atoms with E-state index in [9.17, 15) is 4.79 Å². The number of hydrogen-bond acceptors (Lipinski definition) is 3. The molecule has 1 atom stereocenters. The third-order valence-electron chi connectivity index (χ3n) is 3.61. The Morgan fingerprint density at radius 2 is 2.20 bits per heavy atom. The average Bonchev–Trinajstić information content (AvgIpc) is 3.11. The lowest BCUT2D eigenvalue weighted by Gasteiger charge is -2.16. The minimum atomic E-state index is 0.100. The number of thiazole rings is 1. The molecule has 0 N–H and O–H groups in total. The number of benzene rings is 1. The minimum Gasteiger partial charge on any atom is -0.338 e. The third kappa shape index (κ3) is 3.02. The average molecular weight is 307 g/mol. The van der Waals surface area contributed by atoms with E-state index in [1.54, 1.807) is 35.6 Å². The number of rotatable bonds is 3. The zero-order valence-electron chi connectivity index (χ0n) is 11.0. The van der Waals surface area contributed by atoms with E-state index in [2.05, 4.69) is 4.98 Å². The molecule has 20 heavy (non-hydrogen) atoms. The van der Waals surface area contributed by atoms with Crippen molar-refractivity contribution in [3.63, 3.8) is 0 Å². The van der Waals surface area contributed by atoms with Crippen LogP contribution in [0.1, 0.15) is 21.8 Å². The Kier molecular flexibility index (Phi) is 4.03. The van der Waals surface area contributed by atoms with Crippen LogP contribution in [0, 0.1) is 5.92 Å². The smallest absolute Gasteiger partial charge is 0.253 e. The van der Waals surface area contributed by atoms with Crippen LogP contribution >= 0.6 is 22.9 Å². The summed E-state index contributed by atoms with van der Waals surface area (Å²) >= 11 is 7.54. The van der Waals surface area contributed by atoms with Crippen LogP contribution in [-0.2, 0) is 6.42 Å². The summed E-state index contributed by atoms with van der Waals surface area (Å²) in [5.41, 5.74) is 0.712. The van der Waals surface area contributed by atoms with Gasteiger partial charge in [0.2, 0.25) is 0 Å². The number of amides is 1. The number of carbonyl (C=O) groups excluding carboxylic acids is 1. The Labute approximate surface area is 127 Å². The van der Waals surface area contributed by atoms with Crippen molar-refractivity contribution >= 4 is 28.8 Å². The van der Waals surface area contributed by atoms with Gasteiger partial charge in [-0.2, -0.15) is 0 Å². The largest absolute Gasteiger partial charge is 0.338 e. The van der Waals surface area contributed by atoms with Gasteiger partial charge in [0, 0.05) is 41.7 Å². The molecule has 1 aliphatic rings. The quantitative estimate of drug-likeness (QED) is 0.869. The summed E-state index contributed by atoms with van der Waals surface area (Å²) in [6, 6.07) is 7.10. The van der Waals surface area contributed by atoms with Crippen molar-refractivity contribution in [3.8, 4) is 0 Å². The molecule has 1 fully saturated rings. The van der Waals surface area contributed by atoms with Crippen LogP contribution in [0.4, 0.5) is 0 Å². The number of likely N-dealkylation sites (tertiary alicyclic amines) is 1. The first kappa shape index (κ1) is 13.6. The van der Waals surface area contributed by atoms with Crippen molar-refractivity contribution in [1.29, 1.82) is 0 Å². The SMILES string of the molecule is O=C(c1ccc(Cl)cc1)N1CC[C@H](Cc2nccs2)C1. The Hall–Kier alpha value is -1.39. The van der Waals surface area contributed by atoms with Crippen LogP contribution in [-0.4, -0.2) is 28.9 Å². The number of hydrogen-bond donors (Lipinski definition) is 0. The highest BCUT2D eigenvalue weighted by atomic mass is 35.5. The van der Waals surface area contributed by atoms with Gasteiger partial charge >= 0.3 is 0 Å². The summed E-state index contributed by atoms with van der Waals surface area (Å²) in [4.78, 5) is 18.6. The van der Waals surface area contributed by atoms with Crippen LogP contribution in [0.2, 0.25) is 5.02 Å². The first-order valence-corrected chi connectivity index (χ1v) is 7.91. The van der Waals surface area contributed by atoms with Crippen LogP contribution in [0.3, 0.4) is 0 Å². The van der Waals surface area contributed by atoms with Crippen molar-refractivity contribution in [1.82, 2.24) is 9.88 Å². The summed E-state index contributed by atoms with van der Waals surface area (Å²) in [5.74, 6) is 0.626. The molecule has 0 unspecified atom stereocenters. The third-order valence-corrected chi connectivity index (χ3v) is 4.66. The van der Waals surface area contributed by atoms with Crippen molar-refractivity contribution in [2.45, 2.75) is 12.8 Å². The molecule has 3 rings (SSSR count). The molecule has 104 valence electrons. The molecule has 5 heteroatoms. The predicted octanol–water partition coefficient (Wildman–Crippen LogP) is 3.50. The van der Waals surface area contributed by atoms with Gasteiger partial charge in [-0.25, -0.2) is 4.98 Å². The molecule has 0 saturated carbocycles. The number of halogens is 1. The molecule has 0 spiro atoms. The Morgan fingerprint density at radius 1 is 1.40 bits per heavy atom. The topological polar surface area (TPSA) is 33.2 Å². The fourth-order valence-electron chi connectivity index (χ4n) is 2.56. The molecule has 1 aromatic heterocycles. The summed E-state index contributed by atoms with van der Waals surface area (Å²) in [6.07, 6.45) is 3.87. The van der Waals surface area contributed by atoms with E-state index in [0.29, 0.717) is 16.5 Å². The second kappa shape index (κ2) is 5.94. The van der Waals surface area contributed by atoms with Gasteiger partial charge in [-0.1, -0.05) is 11.6 Å². The Morgan fingerprint density at radius 3 is 2.90 bits per heavy atom. The monoisotopic (exact) mass is 306 g/mol. The zero-order chi connectivity index (χ0) is 13.9. The molecule has 2 heterocycles. The van der Waals surface area contributed by atoms with Gasteiger partial charge < -0.3 is 4.90 Å². The second-order valence-corrected chi connectivity index (χ2v) is 6.46. The van der Waals surface area contributed by atoms with Crippen LogP contribution in [0.15, 0.2) is 35.8 Å². The highest BCUT2D eigenvalue weighted by molar-refractivity contribution is 7.09. The highest BCUT2D eigenvalue weighted by Crippen LogP contribution is 2.23. The normalized spacial score (nSPS) is 18.4. The van der Waals surface area contributed by atoms with E-state index in [4.69, 9.17) is 11.6 Å². The molecule has 1 amide bonds. The minimum absolute atomic E-state index is 0.100. The lowest BCUT2D eigenvalue weighted by atomic mass is 10.1. The molecule has 1 aromatic carbocycles. The standard InChI is InChI=1S/C15H15ClN2OS/c16-13-3-1-12(2-4-13)15(19)18-7-5-11(10-18)9-14-17-6-8-20-14/h1-4,6,8,11H,5,7,9-10H2/t11-/m1/s1. The molecule has 0 bridgehead atoms. The molecular weight excluding hydrogens is 292 g/mol. The zero-order valence-corrected chi connectivity index (χ0v) is 12.5. The predicted molar refractivity (Wildman–Crippen MR) is 81.3 cm³/mol. The van der Waals surface area contributed by atoms with Crippen molar-refractivity contribution in [3.05, 3.63) is 51.4 Å². The van der Waals surface area contributed by atoms with Gasteiger partial charge in [-0.3, -0.25) is 4.79 Å². The molecule has 1 saturated heterocycles. The first-order valence-electron chi connectivity index (χ1n) is 6.65. The van der Waals surface area contributed by atoms with Gasteiger partial charge in [-0.15, -0.1) is 11.3 Å². The maximum atomic E-state index is 12.4. The summed E-state index contributed by atoms with van der Waals surface area (Å²) in [6.45, 7) is 1.65. The number of nitrogens with zero attached hydrogens (tertiary/aromatic N) is 2.